The first-order chi connectivity index (χ1) is 15.6. The zero-order valence-electron chi connectivity index (χ0n) is 17.4. The number of hydrogen-bond acceptors (Lipinski definition) is 7. The molecule has 3 aromatic rings. The standard InChI is InChI=1S/C23H23FN6O2/c24-19-5-3-17(13-25-19)18-4-6-20(27-14-18)26-12-16-7-9-23(10-8-16)15-30(22(31)32-23)21-2-1-11-28-29-21/h1-6,11,13-14,16H,7-10,12,15H2,(H,26,27). The van der Waals surface area contributed by atoms with Gasteiger partial charge in [0.05, 0.1) is 6.54 Å². The van der Waals surface area contributed by atoms with Crippen LogP contribution in [0.1, 0.15) is 25.7 Å². The number of aromatic nitrogens is 4. The lowest BCUT2D eigenvalue weighted by Gasteiger charge is -2.35. The zero-order chi connectivity index (χ0) is 22.0. The Balaban J connectivity index is 1.13. The molecule has 5 rings (SSSR count). The van der Waals surface area contributed by atoms with E-state index in [4.69, 9.17) is 4.74 Å². The number of pyridine rings is 2. The SMILES string of the molecule is O=C1OC2(CCC(CNc3ccc(-c4ccc(F)nc4)cn3)CC2)CN1c1cccnn1. The Hall–Kier alpha value is -3.62. The van der Waals surface area contributed by atoms with Crippen LogP contribution >= 0.6 is 0 Å². The van der Waals surface area contributed by atoms with Crippen LogP contribution in [0.2, 0.25) is 0 Å². The van der Waals surface area contributed by atoms with E-state index in [1.807, 2.05) is 12.1 Å². The lowest BCUT2D eigenvalue weighted by atomic mass is 9.78. The van der Waals surface area contributed by atoms with E-state index < -0.39 is 11.5 Å². The first kappa shape index (κ1) is 20.3. The second kappa shape index (κ2) is 8.49. The van der Waals surface area contributed by atoms with Crippen LogP contribution in [0.25, 0.3) is 11.1 Å². The Bertz CT molecular complexity index is 1070. The summed E-state index contributed by atoms with van der Waals surface area (Å²) < 4.78 is 18.8. The number of carbonyl (C=O) groups excluding carboxylic acids is 1. The number of anilines is 2. The average molecular weight is 434 g/mol. The third-order valence-corrected chi connectivity index (χ3v) is 6.22. The highest BCUT2D eigenvalue weighted by atomic mass is 19.1. The Labute approximate surface area is 184 Å². The van der Waals surface area contributed by atoms with Gasteiger partial charge in [-0.2, -0.15) is 9.49 Å². The highest BCUT2D eigenvalue weighted by Gasteiger charge is 2.48. The number of halogens is 1. The van der Waals surface area contributed by atoms with Gasteiger partial charge in [-0.1, -0.05) is 0 Å². The molecule has 1 spiro atoms. The van der Waals surface area contributed by atoms with E-state index >= 15 is 0 Å². The molecule has 1 aliphatic heterocycles. The maximum absolute atomic E-state index is 13.0. The number of nitrogens with zero attached hydrogens (tertiary/aromatic N) is 5. The van der Waals surface area contributed by atoms with Crippen molar-refractivity contribution in [3.8, 4) is 11.1 Å². The fourth-order valence-electron chi connectivity index (χ4n) is 4.37. The van der Waals surface area contributed by atoms with Gasteiger partial charge in [0.2, 0.25) is 5.95 Å². The van der Waals surface area contributed by atoms with Gasteiger partial charge in [-0.3, -0.25) is 4.90 Å². The van der Waals surface area contributed by atoms with Crippen molar-refractivity contribution in [1.29, 1.82) is 0 Å². The average Bonchev–Trinajstić information content (AvgIpc) is 3.16. The molecule has 4 heterocycles. The van der Waals surface area contributed by atoms with Gasteiger partial charge < -0.3 is 10.1 Å². The molecule has 0 unspecified atom stereocenters. The fourth-order valence-corrected chi connectivity index (χ4v) is 4.37. The van der Waals surface area contributed by atoms with Gasteiger partial charge in [-0.15, -0.1) is 5.10 Å². The van der Waals surface area contributed by atoms with Gasteiger partial charge in [-0.25, -0.2) is 14.8 Å². The van der Waals surface area contributed by atoms with Crippen LogP contribution in [0.3, 0.4) is 0 Å². The van der Waals surface area contributed by atoms with Gasteiger partial charge >= 0.3 is 6.09 Å². The number of nitrogens with one attached hydrogen (secondary N) is 1. The molecular weight excluding hydrogens is 411 g/mol. The van der Waals surface area contributed by atoms with Crippen molar-refractivity contribution in [3.63, 3.8) is 0 Å². The Morgan fingerprint density at radius 3 is 2.53 bits per heavy atom. The molecule has 164 valence electrons. The van der Waals surface area contributed by atoms with Crippen molar-refractivity contribution >= 4 is 17.7 Å². The molecule has 8 nitrogen and oxygen atoms in total. The van der Waals surface area contributed by atoms with Gasteiger partial charge in [0.15, 0.2) is 5.82 Å². The van der Waals surface area contributed by atoms with Crippen LogP contribution in [0.15, 0.2) is 55.0 Å². The minimum Gasteiger partial charge on any atom is -0.441 e. The summed E-state index contributed by atoms with van der Waals surface area (Å²) in [5, 5.41) is 11.3. The van der Waals surface area contributed by atoms with Crippen molar-refractivity contribution in [1.82, 2.24) is 20.2 Å². The van der Waals surface area contributed by atoms with E-state index in [0.717, 1.165) is 49.2 Å². The van der Waals surface area contributed by atoms with Crippen molar-refractivity contribution in [2.45, 2.75) is 31.3 Å². The third-order valence-electron chi connectivity index (χ3n) is 6.22. The summed E-state index contributed by atoms with van der Waals surface area (Å²) in [6.07, 6.45) is 8.08. The van der Waals surface area contributed by atoms with Gasteiger partial charge in [0.1, 0.15) is 11.4 Å². The summed E-state index contributed by atoms with van der Waals surface area (Å²) in [5.74, 6) is 1.31. The molecule has 2 aliphatic rings. The predicted molar refractivity (Wildman–Crippen MR) is 116 cm³/mol. The number of ether oxygens (including phenoxy) is 1. The Morgan fingerprint density at radius 2 is 1.88 bits per heavy atom. The molecule has 1 N–H and O–H groups in total. The summed E-state index contributed by atoms with van der Waals surface area (Å²) >= 11 is 0. The van der Waals surface area contributed by atoms with Crippen molar-refractivity contribution < 1.29 is 13.9 Å². The minimum absolute atomic E-state index is 0.345. The van der Waals surface area contributed by atoms with E-state index in [2.05, 4.69) is 25.5 Å². The second-order valence-corrected chi connectivity index (χ2v) is 8.34. The predicted octanol–water partition coefficient (Wildman–Crippen LogP) is 4.07. The highest BCUT2D eigenvalue weighted by molar-refractivity contribution is 5.89. The van der Waals surface area contributed by atoms with Gasteiger partial charge in [-0.05, 0) is 68.0 Å². The van der Waals surface area contributed by atoms with Crippen molar-refractivity contribution in [2.75, 3.05) is 23.3 Å². The smallest absolute Gasteiger partial charge is 0.416 e. The van der Waals surface area contributed by atoms with Crippen LogP contribution in [0.4, 0.5) is 20.8 Å². The highest BCUT2D eigenvalue weighted by Crippen LogP contribution is 2.40. The van der Waals surface area contributed by atoms with E-state index in [-0.39, 0.29) is 6.09 Å². The molecule has 9 heteroatoms. The normalized spacial score (nSPS) is 22.7. The van der Waals surface area contributed by atoms with Crippen LogP contribution in [-0.2, 0) is 4.74 Å². The quantitative estimate of drug-likeness (QED) is 0.605. The maximum atomic E-state index is 13.0. The monoisotopic (exact) mass is 434 g/mol. The third kappa shape index (κ3) is 4.23. The molecule has 3 aromatic heterocycles. The number of hydrogen-bond donors (Lipinski definition) is 1. The Kier molecular flexibility index (Phi) is 5.38. The van der Waals surface area contributed by atoms with E-state index in [1.54, 1.807) is 35.5 Å². The summed E-state index contributed by atoms with van der Waals surface area (Å²) in [6.45, 7) is 1.33. The molecule has 1 saturated carbocycles. The minimum atomic E-state index is -0.497. The molecular formula is C23H23FN6O2. The lowest BCUT2D eigenvalue weighted by Crippen LogP contribution is -2.39. The first-order valence-corrected chi connectivity index (χ1v) is 10.7. The van der Waals surface area contributed by atoms with E-state index in [9.17, 15) is 9.18 Å². The summed E-state index contributed by atoms with van der Waals surface area (Å²) in [6, 6.07) is 10.4. The van der Waals surface area contributed by atoms with E-state index in [0.29, 0.717) is 18.3 Å². The molecule has 0 radical (unpaired) electrons. The summed E-state index contributed by atoms with van der Waals surface area (Å²) in [4.78, 5) is 22.1. The topological polar surface area (TPSA) is 93.1 Å². The molecule has 0 atom stereocenters. The van der Waals surface area contributed by atoms with Crippen LogP contribution < -0.4 is 10.2 Å². The zero-order valence-corrected chi connectivity index (χ0v) is 17.4. The van der Waals surface area contributed by atoms with Crippen LogP contribution in [-0.4, -0.2) is 44.9 Å². The van der Waals surface area contributed by atoms with Crippen molar-refractivity contribution in [3.05, 3.63) is 60.9 Å². The summed E-state index contributed by atoms with van der Waals surface area (Å²) in [5.41, 5.74) is 1.27. The number of carbonyl (C=O) groups is 1. The number of amides is 1. The largest absolute Gasteiger partial charge is 0.441 e. The van der Waals surface area contributed by atoms with E-state index in [1.165, 1.54) is 12.3 Å². The van der Waals surface area contributed by atoms with Gasteiger partial charge in [0, 0.05) is 36.3 Å². The molecule has 0 aromatic carbocycles. The molecule has 0 bridgehead atoms. The van der Waals surface area contributed by atoms with Crippen LogP contribution in [0.5, 0.6) is 0 Å². The second-order valence-electron chi connectivity index (χ2n) is 8.34. The fraction of sp³-hybridized carbons (Fsp3) is 0.348. The van der Waals surface area contributed by atoms with Gasteiger partial charge in [0.25, 0.3) is 0 Å². The summed E-state index contributed by atoms with van der Waals surface area (Å²) in [7, 11) is 0. The molecule has 2 fully saturated rings. The Morgan fingerprint density at radius 1 is 1.09 bits per heavy atom. The molecule has 32 heavy (non-hydrogen) atoms. The molecule has 1 saturated heterocycles. The molecule has 1 aliphatic carbocycles. The first-order valence-electron chi connectivity index (χ1n) is 10.7. The van der Waals surface area contributed by atoms with Crippen LogP contribution in [0, 0.1) is 11.9 Å². The molecule has 1 amide bonds. The maximum Gasteiger partial charge on any atom is 0.416 e. The van der Waals surface area contributed by atoms with Crippen molar-refractivity contribution in [2.24, 2.45) is 5.92 Å². The number of rotatable bonds is 5. The lowest BCUT2D eigenvalue weighted by molar-refractivity contribution is 0.0148.